The van der Waals surface area contributed by atoms with Crippen LogP contribution in [0.5, 0.6) is 0 Å². The fourth-order valence-electron chi connectivity index (χ4n) is 1.82. The second-order valence-corrected chi connectivity index (χ2v) is 6.62. The SMILES string of the molecule is CSc1ccc(C(O)CCCC(C)(C)C)cc1. The second kappa shape index (κ2) is 6.46. The zero-order valence-electron chi connectivity index (χ0n) is 11.4. The number of rotatable bonds is 5. The van der Waals surface area contributed by atoms with E-state index in [2.05, 4.69) is 39.2 Å². The van der Waals surface area contributed by atoms with Crippen LogP contribution in [-0.4, -0.2) is 11.4 Å². The lowest BCUT2D eigenvalue weighted by Crippen LogP contribution is -2.06. The van der Waals surface area contributed by atoms with Gasteiger partial charge >= 0.3 is 0 Å². The molecule has 2 heteroatoms. The van der Waals surface area contributed by atoms with Crippen molar-refractivity contribution in [1.29, 1.82) is 0 Å². The average Bonchev–Trinajstić information content (AvgIpc) is 2.27. The monoisotopic (exact) mass is 252 g/mol. The first-order valence-corrected chi connectivity index (χ1v) is 7.47. The van der Waals surface area contributed by atoms with E-state index in [-0.39, 0.29) is 6.10 Å². The number of benzene rings is 1. The minimum absolute atomic E-state index is 0.312. The Morgan fingerprint density at radius 1 is 1.18 bits per heavy atom. The van der Waals surface area contributed by atoms with Crippen molar-refractivity contribution < 1.29 is 5.11 Å². The lowest BCUT2D eigenvalue weighted by atomic mass is 9.88. The summed E-state index contributed by atoms with van der Waals surface area (Å²) in [5, 5.41) is 10.1. The molecule has 17 heavy (non-hydrogen) atoms. The average molecular weight is 252 g/mol. The van der Waals surface area contributed by atoms with Gasteiger partial charge in [-0.3, -0.25) is 0 Å². The highest BCUT2D eigenvalue weighted by molar-refractivity contribution is 7.98. The van der Waals surface area contributed by atoms with Crippen LogP contribution >= 0.6 is 11.8 Å². The van der Waals surface area contributed by atoms with E-state index < -0.39 is 0 Å². The molecule has 0 aliphatic heterocycles. The van der Waals surface area contributed by atoms with E-state index in [1.165, 1.54) is 4.90 Å². The predicted molar refractivity (Wildman–Crippen MR) is 76.5 cm³/mol. The Bertz CT molecular complexity index is 324. The topological polar surface area (TPSA) is 20.2 Å². The molecule has 0 saturated heterocycles. The molecule has 0 amide bonds. The van der Waals surface area contributed by atoms with Crippen molar-refractivity contribution in [2.75, 3.05) is 6.26 Å². The Morgan fingerprint density at radius 2 is 1.76 bits per heavy atom. The van der Waals surface area contributed by atoms with E-state index in [1.54, 1.807) is 11.8 Å². The minimum Gasteiger partial charge on any atom is -0.388 e. The smallest absolute Gasteiger partial charge is 0.0790 e. The van der Waals surface area contributed by atoms with Crippen molar-refractivity contribution in [3.05, 3.63) is 29.8 Å². The summed E-state index contributed by atoms with van der Waals surface area (Å²) in [7, 11) is 0. The van der Waals surface area contributed by atoms with E-state index in [0.717, 1.165) is 24.8 Å². The van der Waals surface area contributed by atoms with Crippen LogP contribution < -0.4 is 0 Å². The molecule has 0 spiro atoms. The number of aliphatic hydroxyl groups is 1. The third kappa shape index (κ3) is 5.60. The molecule has 1 nitrogen and oxygen atoms in total. The van der Waals surface area contributed by atoms with E-state index in [1.807, 2.05) is 12.1 Å². The van der Waals surface area contributed by atoms with Gasteiger partial charge in [0.05, 0.1) is 6.10 Å². The molecule has 1 aromatic rings. The highest BCUT2D eigenvalue weighted by atomic mass is 32.2. The lowest BCUT2D eigenvalue weighted by Gasteiger charge is -2.19. The third-order valence-corrected chi connectivity index (χ3v) is 3.65. The quantitative estimate of drug-likeness (QED) is 0.769. The zero-order valence-corrected chi connectivity index (χ0v) is 12.2. The number of aliphatic hydroxyl groups excluding tert-OH is 1. The van der Waals surface area contributed by atoms with Gasteiger partial charge in [0.2, 0.25) is 0 Å². The molecule has 1 rings (SSSR count). The normalized spacial score (nSPS) is 13.7. The molecule has 0 aliphatic rings. The molecule has 0 heterocycles. The van der Waals surface area contributed by atoms with E-state index in [9.17, 15) is 5.11 Å². The summed E-state index contributed by atoms with van der Waals surface area (Å²) in [6.45, 7) is 6.73. The second-order valence-electron chi connectivity index (χ2n) is 5.74. The molecule has 0 bridgehead atoms. The van der Waals surface area contributed by atoms with E-state index >= 15 is 0 Å². The van der Waals surface area contributed by atoms with Crippen LogP contribution in [0.2, 0.25) is 0 Å². The van der Waals surface area contributed by atoms with Gasteiger partial charge in [-0.05, 0) is 42.2 Å². The summed E-state index contributed by atoms with van der Waals surface area (Å²) < 4.78 is 0. The maximum Gasteiger partial charge on any atom is 0.0790 e. The van der Waals surface area contributed by atoms with Crippen LogP contribution in [0.25, 0.3) is 0 Å². The van der Waals surface area contributed by atoms with Crippen molar-refractivity contribution in [2.24, 2.45) is 5.41 Å². The van der Waals surface area contributed by atoms with Crippen LogP contribution in [0.3, 0.4) is 0 Å². The van der Waals surface area contributed by atoms with Crippen LogP contribution in [0, 0.1) is 5.41 Å². The molecule has 96 valence electrons. The molecule has 0 fully saturated rings. The van der Waals surface area contributed by atoms with Crippen molar-refractivity contribution >= 4 is 11.8 Å². The minimum atomic E-state index is -0.312. The zero-order chi connectivity index (χ0) is 12.9. The van der Waals surface area contributed by atoms with Crippen molar-refractivity contribution in [1.82, 2.24) is 0 Å². The highest BCUT2D eigenvalue weighted by Gasteiger charge is 2.12. The summed E-state index contributed by atoms with van der Waals surface area (Å²) >= 11 is 1.73. The Kier molecular flexibility index (Phi) is 5.54. The first-order valence-electron chi connectivity index (χ1n) is 6.24. The molecule has 0 aromatic heterocycles. The summed E-state index contributed by atoms with van der Waals surface area (Å²) in [6, 6.07) is 8.22. The van der Waals surface area contributed by atoms with Crippen molar-refractivity contribution in [3.63, 3.8) is 0 Å². The maximum absolute atomic E-state index is 10.1. The van der Waals surface area contributed by atoms with Crippen LogP contribution in [-0.2, 0) is 0 Å². The fourth-order valence-corrected chi connectivity index (χ4v) is 2.23. The standard InChI is InChI=1S/C15H24OS/c1-15(2,3)11-5-6-14(16)12-7-9-13(17-4)10-8-12/h7-10,14,16H,5-6,11H2,1-4H3. The Balaban J connectivity index is 2.43. The molecule has 0 radical (unpaired) electrons. The van der Waals surface area contributed by atoms with Gasteiger partial charge in [0.25, 0.3) is 0 Å². The summed E-state index contributed by atoms with van der Waals surface area (Å²) in [4.78, 5) is 1.25. The molecule has 1 aromatic carbocycles. The molecule has 1 N–H and O–H groups in total. The van der Waals surface area contributed by atoms with Crippen molar-refractivity contribution in [3.8, 4) is 0 Å². The Morgan fingerprint density at radius 3 is 2.24 bits per heavy atom. The maximum atomic E-state index is 10.1. The predicted octanol–water partition coefficient (Wildman–Crippen LogP) is 4.66. The highest BCUT2D eigenvalue weighted by Crippen LogP contribution is 2.26. The summed E-state index contributed by atoms with van der Waals surface area (Å²) in [5.74, 6) is 0. The van der Waals surface area contributed by atoms with E-state index in [0.29, 0.717) is 5.41 Å². The van der Waals surface area contributed by atoms with Crippen LogP contribution in [0.15, 0.2) is 29.2 Å². The molecule has 1 unspecified atom stereocenters. The van der Waals surface area contributed by atoms with Crippen LogP contribution in [0.4, 0.5) is 0 Å². The summed E-state index contributed by atoms with van der Waals surface area (Å²) in [6.07, 6.45) is 4.85. The molecular formula is C15H24OS. The molecular weight excluding hydrogens is 228 g/mol. The van der Waals surface area contributed by atoms with Gasteiger partial charge in [0.1, 0.15) is 0 Å². The van der Waals surface area contributed by atoms with Gasteiger partial charge in [-0.1, -0.05) is 39.3 Å². The number of hydrogen-bond donors (Lipinski definition) is 1. The molecule has 0 saturated carbocycles. The Labute approximate surface area is 110 Å². The summed E-state index contributed by atoms with van der Waals surface area (Å²) in [5.41, 5.74) is 1.40. The van der Waals surface area contributed by atoms with Gasteiger partial charge < -0.3 is 5.11 Å². The van der Waals surface area contributed by atoms with Gasteiger partial charge in [0.15, 0.2) is 0 Å². The molecule has 0 aliphatic carbocycles. The molecule has 1 atom stereocenters. The fraction of sp³-hybridized carbons (Fsp3) is 0.600. The van der Waals surface area contributed by atoms with Crippen molar-refractivity contribution in [2.45, 2.75) is 51.0 Å². The third-order valence-electron chi connectivity index (χ3n) is 2.90. The number of hydrogen-bond acceptors (Lipinski definition) is 2. The first-order chi connectivity index (χ1) is 7.92. The van der Waals surface area contributed by atoms with Crippen LogP contribution in [0.1, 0.15) is 51.7 Å². The van der Waals surface area contributed by atoms with Gasteiger partial charge in [-0.2, -0.15) is 0 Å². The first kappa shape index (κ1) is 14.6. The Hall–Kier alpha value is -0.470. The number of thioether (sulfide) groups is 1. The van der Waals surface area contributed by atoms with Gasteiger partial charge in [0, 0.05) is 4.90 Å². The lowest BCUT2D eigenvalue weighted by molar-refractivity contribution is 0.158. The van der Waals surface area contributed by atoms with Gasteiger partial charge in [-0.15, -0.1) is 11.8 Å². The van der Waals surface area contributed by atoms with E-state index in [4.69, 9.17) is 0 Å². The van der Waals surface area contributed by atoms with Gasteiger partial charge in [-0.25, -0.2) is 0 Å². The largest absolute Gasteiger partial charge is 0.388 e.